The van der Waals surface area contributed by atoms with Crippen LogP contribution in [0.5, 0.6) is 5.75 Å². The molecule has 1 aliphatic carbocycles. The largest absolute Gasteiger partial charge is 0.491 e. The van der Waals surface area contributed by atoms with E-state index < -0.39 is 5.97 Å². The van der Waals surface area contributed by atoms with Crippen LogP contribution in [-0.4, -0.2) is 35.5 Å². The quantitative estimate of drug-likeness (QED) is 0.614. The third kappa shape index (κ3) is 6.10. The molecule has 5 nitrogen and oxygen atoms in total. The van der Waals surface area contributed by atoms with Gasteiger partial charge in [-0.1, -0.05) is 12.1 Å². The van der Waals surface area contributed by atoms with Gasteiger partial charge in [0.1, 0.15) is 5.75 Å². The molecular formula is C21H25NO4S. The van der Waals surface area contributed by atoms with E-state index in [1.54, 1.807) is 11.3 Å². The molecule has 1 aromatic heterocycles. The topological polar surface area (TPSA) is 55.8 Å². The Morgan fingerprint density at radius 3 is 2.70 bits per heavy atom. The fourth-order valence-corrected chi connectivity index (χ4v) is 3.49. The van der Waals surface area contributed by atoms with Crippen LogP contribution in [0, 0.1) is 0 Å². The van der Waals surface area contributed by atoms with E-state index in [2.05, 4.69) is 0 Å². The summed E-state index contributed by atoms with van der Waals surface area (Å²) >= 11 is 1.62. The van der Waals surface area contributed by atoms with Crippen molar-refractivity contribution >= 4 is 23.2 Å². The smallest absolute Gasteiger partial charge is 0.310 e. The van der Waals surface area contributed by atoms with Crippen molar-refractivity contribution in [2.45, 2.75) is 51.8 Å². The number of benzene rings is 1. The van der Waals surface area contributed by atoms with E-state index in [1.807, 2.05) is 59.8 Å². The molecule has 0 bridgehead atoms. The minimum atomic E-state index is -0.406. The SMILES string of the molecule is CC(C)Oc1cccc(CC(=O)OCC(=O)N(Cc2ccsc2)C2CC2)c1. The van der Waals surface area contributed by atoms with Crippen molar-refractivity contribution in [3.05, 3.63) is 52.2 Å². The Kier molecular flexibility index (Phi) is 6.50. The van der Waals surface area contributed by atoms with Crippen LogP contribution in [0.25, 0.3) is 0 Å². The van der Waals surface area contributed by atoms with Gasteiger partial charge in [-0.2, -0.15) is 11.3 Å². The van der Waals surface area contributed by atoms with E-state index >= 15 is 0 Å². The molecule has 6 heteroatoms. The van der Waals surface area contributed by atoms with E-state index in [1.165, 1.54) is 0 Å². The van der Waals surface area contributed by atoms with Gasteiger partial charge in [-0.15, -0.1) is 0 Å². The van der Waals surface area contributed by atoms with Gasteiger partial charge in [0.05, 0.1) is 12.5 Å². The lowest BCUT2D eigenvalue weighted by Crippen LogP contribution is -2.36. The summed E-state index contributed by atoms with van der Waals surface area (Å²) < 4.78 is 10.9. The van der Waals surface area contributed by atoms with Gasteiger partial charge in [-0.3, -0.25) is 9.59 Å². The second-order valence-corrected chi connectivity index (χ2v) is 7.82. The fourth-order valence-electron chi connectivity index (χ4n) is 2.83. The van der Waals surface area contributed by atoms with Crippen molar-refractivity contribution < 1.29 is 19.1 Å². The Morgan fingerprint density at radius 2 is 2.04 bits per heavy atom. The number of thiophene rings is 1. The van der Waals surface area contributed by atoms with Gasteiger partial charge in [0.15, 0.2) is 6.61 Å². The van der Waals surface area contributed by atoms with Gasteiger partial charge in [-0.25, -0.2) is 0 Å². The van der Waals surface area contributed by atoms with Crippen molar-refractivity contribution in [2.75, 3.05) is 6.61 Å². The van der Waals surface area contributed by atoms with Crippen LogP contribution >= 0.6 is 11.3 Å². The molecule has 0 N–H and O–H groups in total. The second kappa shape index (κ2) is 9.04. The van der Waals surface area contributed by atoms with Crippen molar-refractivity contribution in [1.29, 1.82) is 0 Å². The molecule has 1 amide bonds. The lowest BCUT2D eigenvalue weighted by atomic mass is 10.1. The summed E-state index contributed by atoms with van der Waals surface area (Å²) in [5.74, 6) is 0.187. The van der Waals surface area contributed by atoms with E-state index in [-0.39, 0.29) is 31.1 Å². The molecule has 0 spiro atoms. The zero-order chi connectivity index (χ0) is 19.2. The Morgan fingerprint density at radius 1 is 1.22 bits per heavy atom. The molecule has 0 atom stereocenters. The Balaban J connectivity index is 1.50. The number of esters is 1. The first-order valence-corrected chi connectivity index (χ1v) is 10.2. The standard InChI is InChI=1S/C21H25NO4S/c1-15(2)26-19-5-3-4-16(10-19)11-21(24)25-13-20(23)22(18-6-7-18)12-17-8-9-27-14-17/h3-5,8-10,14-15,18H,6-7,11-13H2,1-2H3. The third-order valence-corrected chi connectivity index (χ3v) is 4.95. The normalized spacial score (nSPS) is 13.4. The summed E-state index contributed by atoms with van der Waals surface area (Å²) in [6.45, 7) is 4.28. The molecular weight excluding hydrogens is 362 g/mol. The Hall–Kier alpha value is -2.34. The highest BCUT2D eigenvalue weighted by Crippen LogP contribution is 2.29. The van der Waals surface area contributed by atoms with Gasteiger partial charge in [0.25, 0.3) is 5.91 Å². The monoisotopic (exact) mass is 387 g/mol. The molecule has 3 rings (SSSR count). The van der Waals surface area contributed by atoms with Crippen molar-refractivity contribution in [1.82, 2.24) is 4.90 Å². The first kappa shape index (κ1) is 19.4. The van der Waals surface area contributed by atoms with E-state index in [0.717, 1.165) is 29.7 Å². The summed E-state index contributed by atoms with van der Waals surface area (Å²) in [4.78, 5) is 26.5. The summed E-state index contributed by atoms with van der Waals surface area (Å²) in [6.07, 6.45) is 2.23. The molecule has 1 heterocycles. The fraction of sp³-hybridized carbons (Fsp3) is 0.429. The number of ether oxygens (including phenoxy) is 2. The number of nitrogens with zero attached hydrogens (tertiary/aromatic N) is 1. The van der Waals surface area contributed by atoms with Crippen LogP contribution in [-0.2, 0) is 27.3 Å². The highest BCUT2D eigenvalue weighted by molar-refractivity contribution is 7.07. The highest BCUT2D eigenvalue weighted by Gasteiger charge is 2.33. The van der Waals surface area contributed by atoms with E-state index in [4.69, 9.17) is 9.47 Å². The van der Waals surface area contributed by atoms with E-state index in [0.29, 0.717) is 6.54 Å². The minimum absolute atomic E-state index is 0.0708. The van der Waals surface area contributed by atoms with Crippen LogP contribution in [0.15, 0.2) is 41.1 Å². The lowest BCUT2D eigenvalue weighted by Gasteiger charge is -2.21. The summed E-state index contributed by atoms with van der Waals surface area (Å²) in [6, 6.07) is 9.68. The van der Waals surface area contributed by atoms with Crippen molar-refractivity contribution in [3.63, 3.8) is 0 Å². The van der Waals surface area contributed by atoms with Crippen molar-refractivity contribution in [3.8, 4) is 5.75 Å². The second-order valence-electron chi connectivity index (χ2n) is 7.04. The number of hydrogen-bond acceptors (Lipinski definition) is 5. The molecule has 144 valence electrons. The maximum absolute atomic E-state index is 12.5. The zero-order valence-electron chi connectivity index (χ0n) is 15.7. The van der Waals surface area contributed by atoms with E-state index in [9.17, 15) is 9.59 Å². The maximum atomic E-state index is 12.5. The number of amides is 1. The van der Waals surface area contributed by atoms with Crippen LogP contribution in [0.2, 0.25) is 0 Å². The molecule has 0 unspecified atom stereocenters. The molecule has 0 radical (unpaired) electrons. The lowest BCUT2D eigenvalue weighted by molar-refractivity contribution is -0.152. The Labute approximate surface area is 163 Å². The molecule has 0 aliphatic heterocycles. The summed E-state index contributed by atoms with van der Waals surface area (Å²) in [7, 11) is 0. The summed E-state index contributed by atoms with van der Waals surface area (Å²) in [5.41, 5.74) is 1.93. The molecule has 1 aliphatic rings. The number of carbonyl (C=O) groups excluding carboxylic acids is 2. The molecule has 1 fully saturated rings. The molecule has 0 saturated heterocycles. The molecule has 1 saturated carbocycles. The predicted molar refractivity (Wildman–Crippen MR) is 105 cm³/mol. The highest BCUT2D eigenvalue weighted by atomic mass is 32.1. The average molecular weight is 388 g/mol. The Bertz CT molecular complexity index is 768. The minimum Gasteiger partial charge on any atom is -0.491 e. The van der Waals surface area contributed by atoms with Crippen molar-refractivity contribution in [2.24, 2.45) is 0 Å². The molecule has 27 heavy (non-hydrogen) atoms. The van der Waals surface area contributed by atoms with Gasteiger partial charge >= 0.3 is 5.97 Å². The predicted octanol–water partition coefficient (Wildman–Crippen LogP) is 3.81. The maximum Gasteiger partial charge on any atom is 0.310 e. The van der Waals surface area contributed by atoms with Crippen LogP contribution in [0.3, 0.4) is 0 Å². The zero-order valence-corrected chi connectivity index (χ0v) is 16.5. The first-order chi connectivity index (χ1) is 13.0. The first-order valence-electron chi connectivity index (χ1n) is 9.23. The summed E-state index contributed by atoms with van der Waals surface area (Å²) in [5, 5.41) is 4.04. The van der Waals surface area contributed by atoms with Gasteiger partial charge < -0.3 is 14.4 Å². The van der Waals surface area contributed by atoms with Crippen LogP contribution in [0.4, 0.5) is 0 Å². The molecule has 2 aromatic rings. The van der Waals surface area contributed by atoms with Crippen LogP contribution < -0.4 is 4.74 Å². The third-order valence-electron chi connectivity index (χ3n) is 4.22. The number of rotatable bonds is 9. The van der Waals surface area contributed by atoms with Gasteiger partial charge in [0.2, 0.25) is 0 Å². The van der Waals surface area contributed by atoms with Gasteiger partial charge in [0, 0.05) is 12.6 Å². The van der Waals surface area contributed by atoms with Gasteiger partial charge in [-0.05, 0) is 66.8 Å². The average Bonchev–Trinajstić information content (AvgIpc) is 3.33. The molecule has 1 aromatic carbocycles. The number of hydrogen-bond donors (Lipinski definition) is 0. The number of carbonyl (C=O) groups is 2. The van der Waals surface area contributed by atoms with Crippen LogP contribution in [0.1, 0.15) is 37.8 Å².